The number of urea groups is 1. The average Bonchev–Trinajstić information content (AvgIpc) is 2.99. The zero-order valence-corrected chi connectivity index (χ0v) is 24.1. The van der Waals surface area contributed by atoms with Gasteiger partial charge in [-0.1, -0.05) is 23.8 Å². The number of hydrogen-bond donors (Lipinski definition) is 9. The Morgan fingerprint density at radius 2 is 1.73 bits per heavy atom. The van der Waals surface area contributed by atoms with Crippen molar-refractivity contribution < 1.29 is 52.6 Å². The van der Waals surface area contributed by atoms with Gasteiger partial charge in [0.2, 0.25) is 0 Å². The first-order valence-corrected chi connectivity index (χ1v) is 14.0. The first kappa shape index (κ1) is 34.3. The van der Waals surface area contributed by atoms with Crippen LogP contribution in [0.15, 0.2) is 53.5 Å². The Labute approximate surface area is 256 Å². The van der Waals surface area contributed by atoms with Gasteiger partial charge in [-0.25, -0.2) is 9.79 Å². The lowest BCUT2D eigenvalue weighted by Gasteiger charge is -2.46. The Balaban J connectivity index is 1.55. The molecule has 2 heterocycles. The number of guanidine groups is 1. The number of amides is 2. The third kappa shape index (κ3) is 8.59. The van der Waals surface area contributed by atoms with Crippen LogP contribution < -0.4 is 27.4 Å². The maximum Gasteiger partial charge on any atom is 0.416 e. The zero-order valence-electron chi connectivity index (χ0n) is 24.1. The molecular weight excluding hydrogens is 605 g/mol. The molecule has 2 aliphatic heterocycles. The van der Waals surface area contributed by atoms with Crippen molar-refractivity contribution in [1.82, 2.24) is 5.32 Å². The molecule has 2 aromatic rings. The second-order valence-corrected chi connectivity index (χ2v) is 10.7. The van der Waals surface area contributed by atoms with Crippen LogP contribution in [0.2, 0.25) is 0 Å². The number of carbonyl (C=O) groups is 1. The summed E-state index contributed by atoms with van der Waals surface area (Å²) in [5.74, 6) is -0.172. The number of nitrogens with zero attached hydrogens (tertiary/aromatic N) is 1. The van der Waals surface area contributed by atoms with E-state index in [1.165, 1.54) is 6.07 Å². The number of halogens is 3. The van der Waals surface area contributed by atoms with Gasteiger partial charge >= 0.3 is 12.2 Å². The number of ether oxygens (including phenoxy) is 3. The van der Waals surface area contributed by atoms with Gasteiger partial charge in [-0.15, -0.1) is 0 Å². The second kappa shape index (κ2) is 14.7. The molecule has 0 spiro atoms. The first-order chi connectivity index (χ1) is 21.3. The SMILES string of the molecule is Cc1ccc(NC(N)=N[C@H]2[C@H](O[C@H]3[C@@H](N)[C@@H](CO)OC[C@@H]3NC(=O)Nc3cccc(C(F)(F)F)c3)O[C@H](CO)[C@@H](O)[C@@H]2O)cc1. The van der Waals surface area contributed by atoms with Gasteiger partial charge in [0.25, 0.3) is 0 Å². The van der Waals surface area contributed by atoms with Crippen LogP contribution in [-0.2, 0) is 20.4 Å². The van der Waals surface area contributed by atoms with Crippen LogP contribution >= 0.6 is 0 Å². The number of aliphatic hydroxyl groups excluding tert-OH is 4. The number of anilines is 2. The minimum atomic E-state index is -4.63. The van der Waals surface area contributed by atoms with E-state index >= 15 is 0 Å². The summed E-state index contributed by atoms with van der Waals surface area (Å²) in [5, 5.41) is 48.8. The van der Waals surface area contributed by atoms with Gasteiger partial charge in [0.05, 0.1) is 43.6 Å². The minimum absolute atomic E-state index is 0.140. The Morgan fingerprint density at radius 1 is 1.04 bits per heavy atom. The molecule has 0 aliphatic carbocycles. The van der Waals surface area contributed by atoms with Crippen molar-refractivity contribution in [2.75, 3.05) is 30.5 Å². The summed E-state index contributed by atoms with van der Waals surface area (Å²) in [6, 6.07) is 6.71. The fraction of sp³-hybridized carbons (Fsp3) is 0.500. The van der Waals surface area contributed by atoms with E-state index < -0.39 is 85.9 Å². The number of aryl methyl sites for hydroxylation is 1. The van der Waals surface area contributed by atoms with Crippen LogP contribution in [0, 0.1) is 6.92 Å². The molecule has 4 rings (SSSR count). The van der Waals surface area contributed by atoms with Gasteiger partial charge in [-0.3, -0.25) is 0 Å². The summed E-state index contributed by atoms with van der Waals surface area (Å²) in [4.78, 5) is 17.1. The minimum Gasteiger partial charge on any atom is -0.394 e. The lowest BCUT2D eigenvalue weighted by atomic mass is 9.94. The molecule has 0 saturated carbocycles. The highest BCUT2D eigenvalue weighted by atomic mass is 19.4. The number of benzene rings is 2. The van der Waals surface area contributed by atoms with Crippen LogP contribution in [0.1, 0.15) is 11.1 Å². The molecular formula is C28H37F3N6O8. The molecule has 2 saturated heterocycles. The molecule has 14 nitrogen and oxygen atoms in total. The molecule has 248 valence electrons. The smallest absolute Gasteiger partial charge is 0.394 e. The van der Waals surface area contributed by atoms with E-state index in [4.69, 9.17) is 25.7 Å². The summed E-state index contributed by atoms with van der Waals surface area (Å²) in [6.45, 7) is 0.431. The molecule has 0 radical (unpaired) electrons. The third-order valence-electron chi connectivity index (χ3n) is 7.39. The third-order valence-corrected chi connectivity index (χ3v) is 7.39. The number of alkyl halides is 3. The second-order valence-electron chi connectivity index (χ2n) is 10.7. The van der Waals surface area contributed by atoms with Crippen molar-refractivity contribution in [3.63, 3.8) is 0 Å². The highest BCUT2D eigenvalue weighted by Gasteiger charge is 2.49. The molecule has 11 N–H and O–H groups in total. The van der Waals surface area contributed by atoms with Gasteiger partial charge in [0.15, 0.2) is 12.2 Å². The van der Waals surface area contributed by atoms with Crippen LogP contribution in [0.4, 0.5) is 29.3 Å². The van der Waals surface area contributed by atoms with Crippen molar-refractivity contribution >= 4 is 23.4 Å². The molecule has 17 heteroatoms. The summed E-state index contributed by atoms with van der Waals surface area (Å²) in [6.07, 6.45) is -12.8. The molecule has 0 bridgehead atoms. The van der Waals surface area contributed by atoms with E-state index in [1.807, 2.05) is 19.1 Å². The largest absolute Gasteiger partial charge is 0.416 e. The van der Waals surface area contributed by atoms with E-state index in [0.717, 1.165) is 23.8 Å². The number of aliphatic hydroxyl groups is 4. The highest BCUT2D eigenvalue weighted by Crippen LogP contribution is 2.31. The Kier molecular flexibility index (Phi) is 11.2. The molecule has 45 heavy (non-hydrogen) atoms. The van der Waals surface area contributed by atoms with Crippen LogP contribution in [0.5, 0.6) is 0 Å². The lowest BCUT2D eigenvalue weighted by Crippen LogP contribution is -2.67. The predicted molar refractivity (Wildman–Crippen MR) is 155 cm³/mol. The van der Waals surface area contributed by atoms with Gasteiger partial charge in [0.1, 0.15) is 30.5 Å². The molecule has 9 atom stereocenters. The Morgan fingerprint density at radius 3 is 2.38 bits per heavy atom. The quantitative estimate of drug-likeness (QED) is 0.136. The maximum absolute atomic E-state index is 13.1. The number of hydrogen-bond acceptors (Lipinski definition) is 10. The number of nitrogens with one attached hydrogen (secondary N) is 3. The number of aliphatic imine (C=N–C) groups is 1. The fourth-order valence-electron chi connectivity index (χ4n) is 4.96. The van der Waals surface area contributed by atoms with E-state index in [1.54, 1.807) is 12.1 Å². The zero-order chi connectivity index (χ0) is 32.9. The summed E-state index contributed by atoms with van der Waals surface area (Å²) in [7, 11) is 0. The van der Waals surface area contributed by atoms with Crippen molar-refractivity contribution in [1.29, 1.82) is 0 Å². The number of rotatable bonds is 8. The summed E-state index contributed by atoms with van der Waals surface area (Å²) < 4.78 is 56.8. The van der Waals surface area contributed by atoms with E-state index in [2.05, 4.69) is 20.9 Å². The van der Waals surface area contributed by atoms with E-state index in [-0.39, 0.29) is 18.3 Å². The molecule has 2 fully saturated rings. The van der Waals surface area contributed by atoms with Crippen molar-refractivity contribution in [2.45, 2.75) is 68.0 Å². The normalized spacial score (nSPS) is 30.9. The van der Waals surface area contributed by atoms with Gasteiger partial charge in [-0.05, 0) is 37.3 Å². The number of nitrogens with two attached hydrogens (primary N) is 2. The van der Waals surface area contributed by atoms with Crippen molar-refractivity contribution in [2.24, 2.45) is 16.5 Å². The molecule has 2 amide bonds. The lowest BCUT2D eigenvalue weighted by molar-refractivity contribution is -0.289. The fourth-order valence-corrected chi connectivity index (χ4v) is 4.96. The van der Waals surface area contributed by atoms with Gasteiger partial charge < -0.3 is 62.1 Å². The first-order valence-electron chi connectivity index (χ1n) is 14.0. The Bertz CT molecular complexity index is 1320. The topological polar surface area (TPSA) is 226 Å². The van der Waals surface area contributed by atoms with Crippen LogP contribution in [-0.4, -0.2) is 107 Å². The highest BCUT2D eigenvalue weighted by molar-refractivity contribution is 5.92. The average molecular weight is 643 g/mol. The predicted octanol–water partition coefficient (Wildman–Crippen LogP) is -0.158. The molecule has 2 aliphatic rings. The molecule has 0 unspecified atom stereocenters. The Hall–Kier alpha value is -3.55. The van der Waals surface area contributed by atoms with E-state index in [0.29, 0.717) is 5.69 Å². The van der Waals surface area contributed by atoms with Gasteiger partial charge in [-0.2, -0.15) is 13.2 Å². The van der Waals surface area contributed by atoms with Crippen molar-refractivity contribution in [3.8, 4) is 0 Å². The van der Waals surface area contributed by atoms with E-state index in [9.17, 15) is 38.4 Å². The monoisotopic (exact) mass is 642 g/mol. The molecule has 2 aromatic carbocycles. The van der Waals surface area contributed by atoms with Crippen LogP contribution in [0.3, 0.4) is 0 Å². The van der Waals surface area contributed by atoms with Gasteiger partial charge in [0, 0.05) is 11.4 Å². The van der Waals surface area contributed by atoms with Crippen molar-refractivity contribution in [3.05, 3.63) is 59.7 Å². The molecule has 0 aromatic heterocycles. The summed E-state index contributed by atoms with van der Waals surface area (Å²) >= 11 is 0. The number of carbonyl (C=O) groups excluding carboxylic acids is 1. The maximum atomic E-state index is 13.1. The summed E-state index contributed by atoms with van der Waals surface area (Å²) in [5.41, 5.74) is 12.9. The van der Waals surface area contributed by atoms with Crippen LogP contribution in [0.25, 0.3) is 0 Å². The standard InChI is InChI=1S/C28H37F3N6O8/c1-13-5-7-15(8-6-13)34-26(33)37-21-23(41)22(40)19(11-39)44-25(21)45-24-17(12-43-18(10-38)20(24)32)36-27(42)35-16-4-2-3-14(9-16)28(29,30)31/h2-9,17-25,38-41H,10-12,32H2,1H3,(H3,33,34,37)(H2,35,36,42)/t17-,18+,19+,20-,21+,22+,23+,24+,25-/m0/s1.